The molecule has 6 nitrogen and oxygen atoms in total. The third-order valence-electron chi connectivity index (χ3n) is 7.21. The Morgan fingerprint density at radius 2 is 1.59 bits per heavy atom. The Hall–Kier alpha value is -2.23. The molecule has 194 valence electrons. The van der Waals surface area contributed by atoms with E-state index < -0.39 is 10.0 Å². The first-order valence-electron chi connectivity index (χ1n) is 12.3. The maximum absolute atomic E-state index is 14.0. The highest BCUT2D eigenvalue weighted by atomic mass is 79.9. The van der Waals surface area contributed by atoms with Crippen LogP contribution in [0, 0.1) is 0 Å². The molecular formula is C28H29BrClN3O3S. The van der Waals surface area contributed by atoms with Gasteiger partial charge >= 0.3 is 0 Å². The SMILES string of the molecule is CC(=O)N1c2c(cc(Br)cc2S(=O)(=O)N2CCN([C@@H](c3ccccc3)c3ccc(Cl)cc3)CC2)C[C@H]1C. The molecule has 0 unspecified atom stereocenters. The standard InChI is InChI=1S/C28H29BrClN3O3S/c1-19-16-23-17-24(29)18-26(28(23)33(19)20(2)34)37(35,36)32-14-12-31(13-15-32)27(21-6-4-3-5-7-21)22-8-10-25(30)11-9-22/h3-11,17-19,27H,12-16H2,1-2H3/t19-,27+/m1/s1. The second kappa shape index (κ2) is 10.5. The number of carbonyl (C=O) groups is 1. The van der Waals surface area contributed by atoms with Gasteiger partial charge in [-0.1, -0.05) is 70.0 Å². The molecule has 0 aliphatic carbocycles. The summed E-state index contributed by atoms with van der Waals surface area (Å²) in [7, 11) is -3.82. The Kier molecular flexibility index (Phi) is 7.49. The van der Waals surface area contributed by atoms with Crippen molar-refractivity contribution >= 4 is 49.1 Å². The quantitative estimate of drug-likeness (QED) is 0.387. The second-order valence-corrected chi connectivity index (χ2v) is 12.9. The first-order chi connectivity index (χ1) is 17.7. The van der Waals surface area contributed by atoms with Crippen molar-refractivity contribution in [3.63, 3.8) is 0 Å². The highest BCUT2D eigenvalue weighted by Gasteiger charge is 2.39. The van der Waals surface area contributed by atoms with Crippen LogP contribution in [0.1, 0.15) is 36.6 Å². The molecular weight excluding hydrogens is 574 g/mol. The summed E-state index contributed by atoms with van der Waals surface area (Å²) in [4.78, 5) is 16.6. The van der Waals surface area contributed by atoms with E-state index in [1.807, 2.05) is 55.5 Å². The zero-order chi connectivity index (χ0) is 26.3. The normalized spacial score (nSPS) is 19.6. The molecule has 2 heterocycles. The second-order valence-electron chi connectivity index (χ2n) is 9.66. The third kappa shape index (κ3) is 5.10. The van der Waals surface area contributed by atoms with E-state index in [2.05, 4.69) is 33.0 Å². The molecule has 3 aromatic rings. The van der Waals surface area contributed by atoms with E-state index in [0.717, 1.165) is 16.7 Å². The fourth-order valence-electron chi connectivity index (χ4n) is 5.59. The number of benzene rings is 3. The molecule has 0 N–H and O–H groups in total. The van der Waals surface area contributed by atoms with E-state index in [1.165, 1.54) is 6.92 Å². The van der Waals surface area contributed by atoms with Crippen molar-refractivity contribution in [2.45, 2.75) is 37.2 Å². The third-order valence-corrected chi connectivity index (χ3v) is 9.83. The minimum Gasteiger partial charge on any atom is -0.308 e. The van der Waals surface area contributed by atoms with Crippen molar-refractivity contribution in [2.24, 2.45) is 0 Å². The van der Waals surface area contributed by atoms with E-state index in [0.29, 0.717) is 47.8 Å². The molecule has 1 saturated heterocycles. The lowest BCUT2D eigenvalue weighted by atomic mass is 9.96. The summed E-state index contributed by atoms with van der Waals surface area (Å²) in [5.41, 5.74) is 3.66. The molecule has 2 aliphatic heterocycles. The number of hydrogen-bond acceptors (Lipinski definition) is 4. The van der Waals surface area contributed by atoms with Gasteiger partial charge in [0.25, 0.3) is 0 Å². The van der Waals surface area contributed by atoms with Gasteiger partial charge in [0.15, 0.2) is 0 Å². The Bertz CT molecular complexity index is 1410. The van der Waals surface area contributed by atoms with Gasteiger partial charge < -0.3 is 4.90 Å². The number of anilines is 1. The first kappa shape index (κ1) is 26.4. The van der Waals surface area contributed by atoms with Gasteiger partial charge in [-0.3, -0.25) is 9.69 Å². The van der Waals surface area contributed by atoms with Gasteiger partial charge in [0.1, 0.15) is 4.90 Å². The average molecular weight is 603 g/mol. The van der Waals surface area contributed by atoms with E-state index >= 15 is 0 Å². The molecule has 0 bridgehead atoms. The number of halogens is 2. The molecule has 1 fully saturated rings. The number of piperazine rings is 1. The van der Waals surface area contributed by atoms with Crippen molar-refractivity contribution in [3.05, 3.63) is 92.9 Å². The van der Waals surface area contributed by atoms with Gasteiger partial charge in [-0.15, -0.1) is 0 Å². The fourth-order valence-corrected chi connectivity index (χ4v) is 8.04. The molecule has 3 aromatic carbocycles. The lowest BCUT2D eigenvalue weighted by Crippen LogP contribution is -2.50. The number of carbonyl (C=O) groups excluding carboxylic acids is 1. The zero-order valence-corrected chi connectivity index (χ0v) is 23.9. The summed E-state index contributed by atoms with van der Waals surface area (Å²) < 4.78 is 30.2. The van der Waals surface area contributed by atoms with Gasteiger partial charge in [0, 0.05) is 48.6 Å². The van der Waals surface area contributed by atoms with Crippen LogP contribution in [0.25, 0.3) is 0 Å². The Morgan fingerprint density at radius 1 is 0.973 bits per heavy atom. The number of nitrogens with zero attached hydrogens (tertiary/aromatic N) is 3. The molecule has 0 radical (unpaired) electrons. The summed E-state index contributed by atoms with van der Waals surface area (Å²) in [5.74, 6) is -0.150. The Morgan fingerprint density at radius 3 is 2.22 bits per heavy atom. The number of fused-ring (bicyclic) bond motifs is 1. The van der Waals surface area contributed by atoms with E-state index in [4.69, 9.17) is 11.6 Å². The van der Waals surface area contributed by atoms with Gasteiger partial charge in [-0.05, 0) is 54.3 Å². The van der Waals surface area contributed by atoms with E-state index in [1.54, 1.807) is 15.3 Å². The van der Waals surface area contributed by atoms with Crippen LogP contribution < -0.4 is 4.90 Å². The van der Waals surface area contributed by atoms with Crippen molar-refractivity contribution in [1.29, 1.82) is 0 Å². The van der Waals surface area contributed by atoms with Crippen LogP contribution in [0.4, 0.5) is 5.69 Å². The average Bonchev–Trinajstić information content (AvgIpc) is 3.21. The van der Waals surface area contributed by atoms with Gasteiger partial charge in [0.2, 0.25) is 15.9 Å². The van der Waals surface area contributed by atoms with Crippen molar-refractivity contribution in [1.82, 2.24) is 9.21 Å². The molecule has 0 aromatic heterocycles. The van der Waals surface area contributed by atoms with Crippen molar-refractivity contribution < 1.29 is 13.2 Å². The molecule has 1 amide bonds. The zero-order valence-electron chi connectivity index (χ0n) is 20.8. The predicted molar refractivity (Wildman–Crippen MR) is 151 cm³/mol. The van der Waals surface area contributed by atoms with Crippen LogP contribution in [-0.4, -0.2) is 55.8 Å². The summed E-state index contributed by atoms with van der Waals surface area (Å²) in [6, 6.07) is 21.6. The van der Waals surface area contributed by atoms with Crippen LogP contribution in [0.5, 0.6) is 0 Å². The lowest BCUT2D eigenvalue weighted by molar-refractivity contribution is -0.116. The van der Waals surface area contributed by atoms with Crippen LogP contribution in [0.15, 0.2) is 76.1 Å². The van der Waals surface area contributed by atoms with Crippen molar-refractivity contribution in [3.8, 4) is 0 Å². The van der Waals surface area contributed by atoms with Gasteiger partial charge in [-0.2, -0.15) is 4.31 Å². The highest BCUT2D eigenvalue weighted by Crippen LogP contribution is 2.41. The molecule has 37 heavy (non-hydrogen) atoms. The highest BCUT2D eigenvalue weighted by molar-refractivity contribution is 9.10. The molecule has 0 saturated carbocycles. The molecule has 2 atom stereocenters. The fraction of sp³-hybridized carbons (Fsp3) is 0.321. The summed E-state index contributed by atoms with van der Waals surface area (Å²) in [5, 5.41) is 0.682. The van der Waals surface area contributed by atoms with E-state index in [-0.39, 0.29) is 22.9 Å². The molecule has 2 aliphatic rings. The van der Waals surface area contributed by atoms with Gasteiger partial charge in [-0.25, -0.2) is 8.42 Å². The Labute approximate surface area is 232 Å². The van der Waals surface area contributed by atoms with E-state index in [9.17, 15) is 13.2 Å². The van der Waals surface area contributed by atoms with Crippen LogP contribution in [0.3, 0.4) is 0 Å². The summed E-state index contributed by atoms with van der Waals surface area (Å²) in [6.45, 7) is 5.30. The van der Waals surface area contributed by atoms with Crippen molar-refractivity contribution in [2.75, 3.05) is 31.1 Å². The maximum atomic E-state index is 14.0. The molecule has 9 heteroatoms. The smallest absolute Gasteiger partial charge is 0.245 e. The van der Waals surface area contributed by atoms with Crippen LogP contribution >= 0.6 is 27.5 Å². The Balaban J connectivity index is 1.43. The largest absolute Gasteiger partial charge is 0.308 e. The number of hydrogen-bond donors (Lipinski definition) is 0. The monoisotopic (exact) mass is 601 g/mol. The minimum atomic E-state index is -3.82. The molecule has 5 rings (SSSR count). The van der Waals surface area contributed by atoms with Crippen LogP contribution in [0.2, 0.25) is 5.02 Å². The number of rotatable bonds is 5. The lowest BCUT2D eigenvalue weighted by Gasteiger charge is -2.39. The topological polar surface area (TPSA) is 60.9 Å². The minimum absolute atomic E-state index is 0.00695. The molecule has 0 spiro atoms. The summed E-state index contributed by atoms with van der Waals surface area (Å²) in [6.07, 6.45) is 0.629. The maximum Gasteiger partial charge on any atom is 0.245 e. The van der Waals surface area contributed by atoms with Gasteiger partial charge in [0.05, 0.1) is 11.7 Å². The number of sulfonamides is 1. The van der Waals surface area contributed by atoms with Crippen LogP contribution in [-0.2, 0) is 21.2 Å². The summed E-state index contributed by atoms with van der Waals surface area (Å²) >= 11 is 9.64. The number of amides is 1. The predicted octanol–water partition coefficient (Wildman–Crippen LogP) is 5.50. The first-order valence-corrected chi connectivity index (χ1v) is 14.9.